The van der Waals surface area contributed by atoms with E-state index >= 15 is 0 Å². The number of carbonyl (C=O) groups excluding carboxylic acids is 1. The first-order valence-corrected chi connectivity index (χ1v) is 10.9. The van der Waals surface area contributed by atoms with E-state index in [1.807, 2.05) is 6.92 Å². The first-order chi connectivity index (χ1) is 14.7. The third kappa shape index (κ3) is 4.19. The van der Waals surface area contributed by atoms with Gasteiger partial charge in [0.25, 0.3) is 5.91 Å². The number of fused-ring (bicyclic) bond motifs is 1. The average molecular weight is 534 g/mol. The predicted molar refractivity (Wildman–Crippen MR) is 113 cm³/mol. The number of halogens is 5. The van der Waals surface area contributed by atoms with E-state index in [0.717, 1.165) is 6.07 Å². The molecule has 0 aliphatic carbocycles. The maximum absolute atomic E-state index is 13.7. The molecule has 0 saturated heterocycles. The molecule has 4 aromatic heterocycles. The summed E-state index contributed by atoms with van der Waals surface area (Å²) in [6, 6.07) is 4.24. The lowest BCUT2D eigenvalue weighted by atomic mass is 10.2. The van der Waals surface area contributed by atoms with Crippen molar-refractivity contribution in [2.45, 2.75) is 26.2 Å². The van der Waals surface area contributed by atoms with Crippen molar-refractivity contribution >= 4 is 50.4 Å². The molecule has 0 unspecified atom stereocenters. The van der Waals surface area contributed by atoms with Crippen molar-refractivity contribution < 1.29 is 18.0 Å². The second-order valence-electron chi connectivity index (χ2n) is 6.36. The first-order valence-electron chi connectivity index (χ1n) is 8.89. The van der Waals surface area contributed by atoms with Crippen molar-refractivity contribution in [1.29, 1.82) is 0 Å². The van der Waals surface area contributed by atoms with Crippen LogP contribution in [0.2, 0.25) is 5.02 Å². The summed E-state index contributed by atoms with van der Waals surface area (Å²) in [5.41, 5.74) is -1.02. The molecule has 0 spiro atoms. The van der Waals surface area contributed by atoms with E-state index in [2.05, 4.69) is 36.4 Å². The fourth-order valence-corrected chi connectivity index (χ4v) is 4.24. The molecule has 0 saturated carbocycles. The van der Waals surface area contributed by atoms with E-state index in [-0.39, 0.29) is 28.6 Å². The Bertz CT molecular complexity index is 1270. The third-order valence-corrected chi connectivity index (χ3v) is 6.24. The minimum Gasteiger partial charge on any atom is -0.345 e. The standard InChI is InChI=1S/C18H13BrClF3N6OS/c1-2-28-8-9(19)11(26-28)7-24-17(30)15-14(20)16-25-10(12-4-3-5-31-12)6-13(18(21,22)23)29(16)27-15/h3-6,8H,2,7H2,1H3,(H,24,30). The highest BCUT2D eigenvalue weighted by Gasteiger charge is 2.36. The van der Waals surface area contributed by atoms with Crippen LogP contribution in [0.3, 0.4) is 0 Å². The fourth-order valence-electron chi connectivity index (χ4n) is 2.86. The largest absolute Gasteiger partial charge is 0.433 e. The van der Waals surface area contributed by atoms with Crippen LogP contribution < -0.4 is 5.32 Å². The number of aryl methyl sites for hydroxylation is 1. The van der Waals surface area contributed by atoms with Crippen LogP contribution in [0.15, 0.2) is 34.2 Å². The molecule has 4 aromatic rings. The molecular weight excluding hydrogens is 521 g/mol. The van der Waals surface area contributed by atoms with Gasteiger partial charge in [-0.2, -0.15) is 23.4 Å². The van der Waals surface area contributed by atoms with Gasteiger partial charge in [0.1, 0.15) is 5.02 Å². The topological polar surface area (TPSA) is 77.1 Å². The molecule has 162 valence electrons. The minimum atomic E-state index is -4.73. The maximum Gasteiger partial charge on any atom is 0.433 e. The molecule has 0 fully saturated rings. The Kier molecular flexibility index (Phi) is 5.79. The molecule has 0 aromatic carbocycles. The van der Waals surface area contributed by atoms with E-state index in [4.69, 9.17) is 11.6 Å². The van der Waals surface area contributed by atoms with Crippen LogP contribution >= 0.6 is 38.9 Å². The monoisotopic (exact) mass is 532 g/mol. The van der Waals surface area contributed by atoms with Gasteiger partial charge >= 0.3 is 6.18 Å². The molecule has 4 rings (SSSR count). The molecule has 31 heavy (non-hydrogen) atoms. The maximum atomic E-state index is 13.7. The highest BCUT2D eigenvalue weighted by atomic mass is 79.9. The summed E-state index contributed by atoms with van der Waals surface area (Å²) in [4.78, 5) is 17.4. The SMILES string of the molecule is CCn1cc(Br)c(CNC(=O)c2nn3c(C(F)(F)F)cc(-c4cccs4)nc3c2Cl)n1. The molecule has 0 aliphatic heterocycles. The Morgan fingerprint density at radius 1 is 1.35 bits per heavy atom. The Morgan fingerprint density at radius 3 is 2.74 bits per heavy atom. The summed E-state index contributed by atoms with van der Waals surface area (Å²) < 4.78 is 44.0. The quantitative estimate of drug-likeness (QED) is 0.390. The van der Waals surface area contributed by atoms with E-state index in [1.165, 1.54) is 11.3 Å². The molecule has 7 nitrogen and oxygen atoms in total. The Hall–Kier alpha value is -2.44. The molecule has 1 amide bonds. The lowest BCUT2D eigenvalue weighted by Crippen LogP contribution is -2.24. The van der Waals surface area contributed by atoms with E-state index < -0.39 is 17.8 Å². The van der Waals surface area contributed by atoms with Crippen molar-refractivity contribution in [2.75, 3.05) is 0 Å². The van der Waals surface area contributed by atoms with Crippen LogP contribution in [0.5, 0.6) is 0 Å². The number of thiophene rings is 1. The predicted octanol–water partition coefficient (Wildman–Crippen LogP) is 5.04. The zero-order chi connectivity index (χ0) is 22.3. The van der Waals surface area contributed by atoms with Crippen molar-refractivity contribution in [1.82, 2.24) is 29.7 Å². The van der Waals surface area contributed by atoms with Gasteiger partial charge < -0.3 is 5.32 Å². The van der Waals surface area contributed by atoms with Crippen molar-refractivity contribution in [3.05, 3.63) is 56.4 Å². The van der Waals surface area contributed by atoms with Gasteiger partial charge in [-0.05, 0) is 40.4 Å². The van der Waals surface area contributed by atoms with Gasteiger partial charge in [-0.15, -0.1) is 11.3 Å². The van der Waals surface area contributed by atoms with E-state index in [9.17, 15) is 18.0 Å². The van der Waals surface area contributed by atoms with Crippen LogP contribution in [-0.2, 0) is 19.3 Å². The zero-order valence-electron chi connectivity index (χ0n) is 15.7. The number of aromatic nitrogens is 5. The van der Waals surface area contributed by atoms with Gasteiger partial charge in [-0.25, -0.2) is 9.50 Å². The molecule has 4 heterocycles. The minimum absolute atomic E-state index is 0.0383. The summed E-state index contributed by atoms with van der Waals surface area (Å²) in [6.45, 7) is 2.59. The number of nitrogens with zero attached hydrogens (tertiary/aromatic N) is 5. The van der Waals surface area contributed by atoms with Crippen LogP contribution in [0.1, 0.15) is 28.8 Å². The summed E-state index contributed by atoms with van der Waals surface area (Å²) in [5, 5.41) is 12.1. The summed E-state index contributed by atoms with van der Waals surface area (Å²) in [7, 11) is 0. The summed E-state index contributed by atoms with van der Waals surface area (Å²) >= 11 is 10.8. The van der Waals surface area contributed by atoms with E-state index in [1.54, 1.807) is 28.4 Å². The van der Waals surface area contributed by atoms with E-state index in [0.29, 0.717) is 26.1 Å². The number of hydrogen-bond donors (Lipinski definition) is 1. The number of alkyl halides is 3. The molecule has 13 heteroatoms. The molecule has 0 atom stereocenters. The number of hydrogen-bond acceptors (Lipinski definition) is 5. The number of carbonyl (C=O) groups is 1. The zero-order valence-corrected chi connectivity index (χ0v) is 18.9. The third-order valence-electron chi connectivity index (χ3n) is 4.34. The van der Waals surface area contributed by atoms with Gasteiger partial charge in [-0.1, -0.05) is 17.7 Å². The summed E-state index contributed by atoms with van der Waals surface area (Å²) in [5.74, 6) is -0.737. The van der Waals surface area contributed by atoms with Crippen molar-refractivity contribution in [3.8, 4) is 10.6 Å². The van der Waals surface area contributed by atoms with Crippen molar-refractivity contribution in [3.63, 3.8) is 0 Å². The highest BCUT2D eigenvalue weighted by Crippen LogP contribution is 2.35. The van der Waals surface area contributed by atoms with Gasteiger partial charge in [0, 0.05) is 12.7 Å². The van der Waals surface area contributed by atoms with Crippen LogP contribution in [0.4, 0.5) is 13.2 Å². The Morgan fingerprint density at radius 2 is 2.13 bits per heavy atom. The van der Waals surface area contributed by atoms with Crippen LogP contribution in [0.25, 0.3) is 16.2 Å². The first kappa shape index (κ1) is 21.8. The normalized spacial score (nSPS) is 11.9. The molecule has 0 bridgehead atoms. The molecular formula is C18H13BrClF3N6OS. The summed E-state index contributed by atoms with van der Waals surface area (Å²) in [6.07, 6.45) is -2.97. The molecule has 0 radical (unpaired) electrons. The Labute approximate surface area is 191 Å². The van der Waals surface area contributed by atoms with Crippen LogP contribution in [-0.4, -0.2) is 30.3 Å². The van der Waals surface area contributed by atoms with Crippen LogP contribution in [0, 0.1) is 0 Å². The number of rotatable bonds is 5. The molecule has 0 aliphatic rings. The lowest BCUT2D eigenvalue weighted by molar-refractivity contribution is -0.142. The van der Waals surface area contributed by atoms with Gasteiger partial charge in [0.2, 0.25) is 0 Å². The number of amides is 1. The second kappa shape index (κ2) is 8.24. The van der Waals surface area contributed by atoms with Gasteiger partial charge in [-0.3, -0.25) is 9.48 Å². The van der Waals surface area contributed by atoms with Gasteiger partial charge in [0.05, 0.1) is 27.3 Å². The Balaban J connectivity index is 1.72. The van der Waals surface area contributed by atoms with Crippen molar-refractivity contribution in [2.24, 2.45) is 0 Å². The smallest absolute Gasteiger partial charge is 0.345 e. The number of nitrogens with one attached hydrogen (secondary N) is 1. The fraction of sp³-hybridized carbons (Fsp3) is 0.222. The highest BCUT2D eigenvalue weighted by molar-refractivity contribution is 9.10. The van der Waals surface area contributed by atoms with Gasteiger partial charge in [0.15, 0.2) is 17.0 Å². The average Bonchev–Trinajstić information content (AvgIpc) is 3.44. The second-order valence-corrected chi connectivity index (χ2v) is 8.54. The lowest BCUT2D eigenvalue weighted by Gasteiger charge is -2.10. The molecule has 1 N–H and O–H groups in total.